The van der Waals surface area contributed by atoms with Crippen molar-refractivity contribution in [2.24, 2.45) is 0 Å². The third kappa shape index (κ3) is 4.48. The first kappa shape index (κ1) is 15.4. The molecule has 0 heterocycles. The Bertz CT molecular complexity index is 474. The van der Waals surface area contributed by atoms with Gasteiger partial charge in [-0.2, -0.15) is 0 Å². The van der Waals surface area contributed by atoms with Gasteiger partial charge >= 0.3 is 0 Å². The van der Waals surface area contributed by atoms with E-state index in [9.17, 15) is 10.1 Å². The first-order valence-corrected chi connectivity index (χ1v) is 6.90. The molecule has 0 bridgehead atoms. The number of benzene rings is 1. The molecular weight excluding hydrogens is 266 g/mol. The first-order chi connectivity index (χ1) is 9.12. The second-order valence-corrected chi connectivity index (χ2v) is 4.82. The molecule has 0 unspecified atom stereocenters. The summed E-state index contributed by atoms with van der Waals surface area (Å²) in [6, 6.07) is 3.59. The molecule has 0 spiro atoms. The van der Waals surface area contributed by atoms with Crippen molar-refractivity contribution in [2.75, 3.05) is 19.5 Å². The van der Waals surface area contributed by atoms with E-state index >= 15 is 0 Å². The highest BCUT2D eigenvalue weighted by atomic mass is 32.2. The van der Waals surface area contributed by atoms with E-state index in [2.05, 4.69) is 0 Å². The summed E-state index contributed by atoms with van der Waals surface area (Å²) in [4.78, 5) is 10.8. The van der Waals surface area contributed by atoms with Gasteiger partial charge in [-0.05, 0) is 30.4 Å². The van der Waals surface area contributed by atoms with Crippen LogP contribution in [0, 0.1) is 10.1 Å². The van der Waals surface area contributed by atoms with Gasteiger partial charge in [-0.15, -0.1) is 11.8 Å². The highest BCUT2D eigenvalue weighted by molar-refractivity contribution is 7.99. The fraction of sp³-hybridized carbons (Fsp3) is 0.385. The number of ether oxygens (including phenoxy) is 2. The number of hydrogen-bond acceptors (Lipinski definition) is 5. The van der Waals surface area contributed by atoms with Gasteiger partial charge in [0.15, 0.2) is 11.5 Å². The monoisotopic (exact) mass is 283 g/mol. The lowest BCUT2D eigenvalue weighted by atomic mass is 10.2. The van der Waals surface area contributed by atoms with E-state index < -0.39 is 4.92 Å². The highest BCUT2D eigenvalue weighted by Crippen LogP contribution is 2.39. The van der Waals surface area contributed by atoms with Gasteiger partial charge in [0.25, 0.3) is 0 Å². The van der Waals surface area contributed by atoms with Gasteiger partial charge in [-0.3, -0.25) is 10.1 Å². The minimum absolute atomic E-state index is 0.491. The molecule has 104 valence electrons. The molecule has 0 saturated heterocycles. The van der Waals surface area contributed by atoms with Crippen molar-refractivity contribution < 1.29 is 14.4 Å². The van der Waals surface area contributed by atoms with E-state index in [0.29, 0.717) is 23.7 Å². The Morgan fingerprint density at radius 2 is 2.16 bits per heavy atom. The minimum atomic E-state index is -0.491. The van der Waals surface area contributed by atoms with Crippen molar-refractivity contribution in [3.8, 4) is 11.5 Å². The zero-order valence-electron chi connectivity index (χ0n) is 11.2. The molecular formula is C13H17NO4S. The van der Waals surface area contributed by atoms with Gasteiger partial charge < -0.3 is 9.47 Å². The van der Waals surface area contributed by atoms with Crippen LogP contribution in [-0.2, 0) is 0 Å². The number of nitro groups is 1. The summed E-state index contributed by atoms with van der Waals surface area (Å²) in [5, 5.41) is 10.4. The normalized spacial score (nSPS) is 10.7. The van der Waals surface area contributed by atoms with Crippen molar-refractivity contribution in [1.82, 2.24) is 0 Å². The number of methoxy groups -OCH3 is 1. The highest BCUT2D eigenvalue weighted by Gasteiger charge is 2.12. The van der Waals surface area contributed by atoms with Gasteiger partial charge in [0, 0.05) is 6.08 Å². The van der Waals surface area contributed by atoms with E-state index in [0.717, 1.165) is 16.8 Å². The van der Waals surface area contributed by atoms with E-state index in [4.69, 9.17) is 9.47 Å². The Hall–Kier alpha value is -1.69. The molecule has 0 aliphatic heterocycles. The van der Waals surface area contributed by atoms with Gasteiger partial charge in [0.2, 0.25) is 6.20 Å². The molecule has 19 heavy (non-hydrogen) atoms. The van der Waals surface area contributed by atoms with Crippen LogP contribution in [0.4, 0.5) is 0 Å². The van der Waals surface area contributed by atoms with Crippen LogP contribution >= 0.6 is 11.8 Å². The van der Waals surface area contributed by atoms with Crippen LogP contribution in [0.1, 0.15) is 19.4 Å². The second kappa shape index (κ2) is 7.68. The lowest BCUT2D eigenvalue weighted by molar-refractivity contribution is -0.400. The molecule has 5 nitrogen and oxygen atoms in total. The molecule has 0 radical (unpaired) electrons. The van der Waals surface area contributed by atoms with Crippen molar-refractivity contribution in [2.45, 2.75) is 18.7 Å². The Morgan fingerprint density at radius 3 is 2.68 bits per heavy atom. The average Bonchev–Trinajstić information content (AvgIpc) is 2.39. The smallest absolute Gasteiger partial charge is 0.235 e. The Kier molecular flexibility index (Phi) is 6.21. The molecule has 0 saturated carbocycles. The second-order valence-electron chi connectivity index (χ2n) is 3.52. The third-order valence-corrected chi connectivity index (χ3v) is 3.14. The lowest BCUT2D eigenvalue weighted by Crippen LogP contribution is -1.98. The van der Waals surface area contributed by atoms with E-state index in [1.165, 1.54) is 6.08 Å². The van der Waals surface area contributed by atoms with E-state index in [-0.39, 0.29) is 0 Å². The van der Waals surface area contributed by atoms with Gasteiger partial charge in [-0.1, -0.05) is 6.92 Å². The molecule has 0 aliphatic carbocycles. The Balaban J connectivity index is 3.22. The first-order valence-electron chi connectivity index (χ1n) is 5.91. The number of thioether (sulfide) groups is 1. The fourth-order valence-electron chi connectivity index (χ4n) is 1.54. The summed E-state index contributed by atoms with van der Waals surface area (Å²) in [5.41, 5.74) is 0.716. The largest absolute Gasteiger partial charge is 0.493 e. The predicted octanol–water partition coefficient (Wildman–Crippen LogP) is 3.45. The van der Waals surface area contributed by atoms with Crippen molar-refractivity contribution in [3.05, 3.63) is 34.0 Å². The van der Waals surface area contributed by atoms with Crippen LogP contribution in [0.15, 0.2) is 23.2 Å². The van der Waals surface area contributed by atoms with Crippen LogP contribution < -0.4 is 9.47 Å². The molecule has 1 aromatic carbocycles. The van der Waals surface area contributed by atoms with Gasteiger partial charge in [0.1, 0.15) is 0 Å². The maximum absolute atomic E-state index is 10.4. The third-order valence-electron chi connectivity index (χ3n) is 2.24. The standard InChI is InChI=1S/C13H17NO4S/c1-4-18-13-11(17-3)8-10(6-7-14(15)16)9-12(13)19-5-2/h6-9H,4-5H2,1-3H3/b7-6+. The lowest BCUT2D eigenvalue weighted by Gasteiger charge is -2.14. The minimum Gasteiger partial charge on any atom is -0.493 e. The van der Waals surface area contributed by atoms with E-state index in [1.807, 2.05) is 19.9 Å². The maximum Gasteiger partial charge on any atom is 0.235 e. The zero-order valence-corrected chi connectivity index (χ0v) is 12.0. The molecule has 0 aromatic heterocycles. The summed E-state index contributed by atoms with van der Waals surface area (Å²) in [6.07, 6.45) is 2.35. The number of nitrogens with zero attached hydrogens (tertiary/aromatic N) is 1. The average molecular weight is 283 g/mol. The van der Waals surface area contributed by atoms with Crippen LogP contribution in [0.2, 0.25) is 0 Å². The van der Waals surface area contributed by atoms with Crippen LogP contribution in [0.5, 0.6) is 11.5 Å². The molecule has 1 rings (SSSR count). The number of hydrogen-bond donors (Lipinski definition) is 0. The maximum atomic E-state index is 10.4. The van der Waals surface area contributed by atoms with Crippen molar-refractivity contribution in [1.29, 1.82) is 0 Å². The van der Waals surface area contributed by atoms with Crippen molar-refractivity contribution >= 4 is 17.8 Å². The summed E-state index contributed by atoms with van der Waals surface area (Å²) in [6.45, 7) is 4.48. The summed E-state index contributed by atoms with van der Waals surface area (Å²) in [7, 11) is 1.55. The molecule has 0 N–H and O–H groups in total. The van der Waals surface area contributed by atoms with Crippen molar-refractivity contribution in [3.63, 3.8) is 0 Å². The molecule has 6 heteroatoms. The number of rotatable bonds is 7. The van der Waals surface area contributed by atoms with Gasteiger partial charge in [0.05, 0.1) is 23.5 Å². The molecule has 0 atom stereocenters. The predicted molar refractivity (Wildman–Crippen MR) is 76.6 cm³/mol. The molecule has 0 fully saturated rings. The fourth-order valence-corrected chi connectivity index (χ4v) is 2.36. The Labute approximate surface area is 116 Å². The topological polar surface area (TPSA) is 61.6 Å². The SMILES string of the molecule is CCOc1c(OC)cc(/C=C/[N+](=O)[O-])cc1SCC. The summed E-state index contributed by atoms with van der Waals surface area (Å²) < 4.78 is 10.9. The van der Waals surface area contributed by atoms with E-state index in [1.54, 1.807) is 24.9 Å². The molecule has 0 aliphatic rings. The Morgan fingerprint density at radius 1 is 1.42 bits per heavy atom. The molecule has 1 aromatic rings. The molecule has 0 amide bonds. The summed E-state index contributed by atoms with van der Waals surface area (Å²) >= 11 is 1.61. The van der Waals surface area contributed by atoms with Gasteiger partial charge in [-0.25, -0.2) is 0 Å². The zero-order chi connectivity index (χ0) is 14.3. The van der Waals surface area contributed by atoms with Crippen LogP contribution in [0.3, 0.4) is 0 Å². The quantitative estimate of drug-likeness (QED) is 0.435. The summed E-state index contributed by atoms with van der Waals surface area (Å²) in [5.74, 6) is 2.16. The van der Waals surface area contributed by atoms with Crippen LogP contribution in [-0.4, -0.2) is 24.4 Å². The van der Waals surface area contributed by atoms with Crippen LogP contribution in [0.25, 0.3) is 6.08 Å².